The highest BCUT2D eigenvalue weighted by molar-refractivity contribution is 5.31. The fourth-order valence-electron chi connectivity index (χ4n) is 2.04. The highest BCUT2D eigenvalue weighted by atomic mass is 19.1. The van der Waals surface area contributed by atoms with Crippen LogP contribution in [-0.2, 0) is 5.67 Å². The molecule has 0 saturated carbocycles. The molecule has 0 unspecified atom stereocenters. The zero-order chi connectivity index (χ0) is 12.3. The Hall–Kier alpha value is -1.09. The molecule has 1 aliphatic rings. The van der Waals surface area contributed by atoms with Crippen molar-refractivity contribution in [2.24, 2.45) is 0 Å². The minimum absolute atomic E-state index is 0.259. The summed E-state index contributed by atoms with van der Waals surface area (Å²) in [5, 5.41) is 3.30. The lowest BCUT2D eigenvalue weighted by molar-refractivity contribution is 0.161. The summed E-state index contributed by atoms with van der Waals surface area (Å²) in [4.78, 5) is 0. The van der Waals surface area contributed by atoms with Gasteiger partial charge in [0.05, 0.1) is 0 Å². The summed E-state index contributed by atoms with van der Waals surface area (Å²) < 4.78 is 19.7. The van der Waals surface area contributed by atoms with E-state index < -0.39 is 5.67 Å². The van der Waals surface area contributed by atoms with E-state index in [-0.39, 0.29) is 6.10 Å². The SMILES string of the molecule is CC(C)(F)c1cccc(OC2CCNCC2)c1. The molecule has 0 radical (unpaired) electrons. The van der Waals surface area contributed by atoms with E-state index in [1.807, 2.05) is 18.2 Å². The average molecular weight is 237 g/mol. The lowest BCUT2D eigenvalue weighted by Gasteiger charge is -2.24. The summed E-state index contributed by atoms with van der Waals surface area (Å²) in [6.07, 6.45) is 2.29. The highest BCUT2D eigenvalue weighted by Crippen LogP contribution is 2.28. The Kier molecular flexibility index (Phi) is 3.67. The summed E-state index contributed by atoms with van der Waals surface area (Å²) in [6.45, 7) is 5.13. The van der Waals surface area contributed by atoms with Gasteiger partial charge in [0, 0.05) is 0 Å². The number of nitrogens with one attached hydrogen (secondary N) is 1. The van der Waals surface area contributed by atoms with Gasteiger partial charge in [0.25, 0.3) is 0 Å². The third kappa shape index (κ3) is 3.43. The molecule has 3 heteroatoms. The number of alkyl halides is 1. The second-order valence-corrected chi connectivity index (χ2v) is 5.07. The van der Waals surface area contributed by atoms with E-state index in [4.69, 9.17) is 4.74 Å². The molecule has 0 bridgehead atoms. The molecule has 0 spiro atoms. The zero-order valence-electron chi connectivity index (χ0n) is 10.5. The predicted octanol–water partition coefficient (Wildman–Crippen LogP) is 3.02. The van der Waals surface area contributed by atoms with Gasteiger partial charge in [-0.3, -0.25) is 0 Å². The predicted molar refractivity (Wildman–Crippen MR) is 67.1 cm³/mol. The average Bonchev–Trinajstić information content (AvgIpc) is 2.29. The largest absolute Gasteiger partial charge is 0.490 e. The molecule has 94 valence electrons. The smallest absolute Gasteiger partial charge is 0.130 e. The first kappa shape index (κ1) is 12.4. The van der Waals surface area contributed by atoms with Crippen molar-refractivity contribution in [3.05, 3.63) is 29.8 Å². The standard InChI is InChI=1S/C14H20FNO/c1-14(2,15)11-4-3-5-13(10-11)17-12-6-8-16-9-7-12/h3-5,10,12,16H,6-9H2,1-2H3. The number of piperidine rings is 1. The van der Waals surface area contributed by atoms with Crippen LogP contribution in [0.25, 0.3) is 0 Å². The first-order chi connectivity index (χ1) is 8.05. The van der Waals surface area contributed by atoms with Gasteiger partial charge in [0.15, 0.2) is 0 Å². The number of hydrogen-bond donors (Lipinski definition) is 1. The van der Waals surface area contributed by atoms with Crippen molar-refractivity contribution in [1.82, 2.24) is 5.32 Å². The van der Waals surface area contributed by atoms with Gasteiger partial charge in [-0.25, -0.2) is 4.39 Å². The van der Waals surface area contributed by atoms with Crippen molar-refractivity contribution < 1.29 is 9.13 Å². The lowest BCUT2D eigenvalue weighted by Crippen LogP contribution is -2.34. The summed E-state index contributed by atoms with van der Waals surface area (Å²) in [5.74, 6) is 0.778. The maximum absolute atomic E-state index is 13.8. The monoisotopic (exact) mass is 237 g/mol. The topological polar surface area (TPSA) is 21.3 Å². The molecule has 0 atom stereocenters. The van der Waals surface area contributed by atoms with Crippen molar-refractivity contribution in [3.8, 4) is 5.75 Å². The van der Waals surface area contributed by atoms with Crippen LogP contribution in [0, 0.1) is 0 Å². The summed E-state index contributed by atoms with van der Waals surface area (Å²) in [5.41, 5.74) is -0.642. The maximum atomic E-state index is 13.8. The van der Waals surface area contributed by atoms with Crippen molar-refractivity contribution >= 4 is 0 Å². The molecule has 17 heavy (non-hydrogen) atoms. The van der Waals surface area contributed by atoms with Gasteiger partial charge in [0.1, 0.15) is 17.5 Å². The van der Waals surface area contributed by atoms with Crippen molar-refractivity contribution in [2.75, 3.05) is 13.1 Å². The van der Waals surface area contributed by atoms with E-state index >= 15 is 0 Å². The van der Waals surface area contributed by atoms with Gasteiger partial charge in [-0.15, -0.1) is 0 Å². The van der Waals surface area contributed by atoms with Crippen molar-refractivity contribution in [2.45, 2.75) is 38.5 Å². The molecule has 1 aliphatic heterocycles. The number of hydrogen-bond acceptors (Lipinski definition) is 2. The molecule has 1 aromatic rings. The number of halogens is 1. The minimum atomic E-state index is -1.31. The Balaban J connectivity index is 2.05. The van der Waals surface area contributed by atoms with Gasteiger partial charge in [-0.2, -0.15) is 0 Å². The molecule has 1 aromatic carbocycles. The molecule has 1 saturated heterocycles. The Bertz CT molecular complexity index is 367. The fourth-order valence-corrected chi connectivity index (χ4v) is 2.04. The molecule has 1 fully saturated rings. The molecular formula is C14H20FNO. The molecule has 0 amide bonds. The van der Waals surface area contributed by atoms with Crippen LogP contribution >= 0.6 is 0 Å². The van der Waals surface area contributed by atoms with Crippen LogP contribution in [0.4, 0.5) is 4.39 Å². The van der Waals surface area contributed by atoms with E-state index in [0.717, 1.165) is 31.7 Å². The number of rotatable bonds is 3. The van der Waals surface area contributed by atoms with Crippen LogP contribution in [0.3, 0.4) is 0 Å². The minimum Gasteiger partial charge on any atom is -0.490 e. The van der Waals surface area contributed by atoms with Crippen molar-refractivity contribution in [3.63, 3.8) is 0 Å². The van der Waals surface area contributed by atoms with Crippen LogP contribution in [0.15, 0.2) is 24.3 Å². The number of ether oxygens (including phenoxy) is 1. The lowest BCUT2D eigenvalue weighted by atomic mass is 10.0. The quantitative estimate of drug-likeness (QED) is 0.872. The van der Waals surface area contributed by atoms with Crippen LogP contribution < -0.4 is 10.1 Å². The molecule has 1 N–H and O–H groups in total. The maximum Gasteiger partial charge on any atom is 0.130 e. The third-order valence-electron chi connectivity index (χ3n) is 3.11. The second kappa shape index (κ2) is 5.05. The van der Waals surface area contributed by atoms with E-state index in [9.17, 15) is 4.39 Å². The molecule has 2 nitrogen and oxygen atoms in total. The van der Waals surface area contributed by atoms with E-state index in [2.05, 4.69) is 5.32 Å². The zero-order valence-corrected chi connectivity index (χ0v) is 10.5. The molecular weight excluding hydrogens is 217 g/mol. The van der Waals surface area contributed by atoms with Gasteiger partial charge in [-0.05, 0) is 57.5 Å². The first-order valence-electron chi connectivity index (χ1n) is 6.22. The Morgan fingerprint density at radius 3 is 2.65 bits per heavy atom. The van der Waals surface area contributed by atoms with Crippen LogP contribution in [0.1, 0.15) is 32.3 Å². The van der Waals surface area contributed by atoms with Crippen LogP contribution in [0.5, 0.6) is 5.75 Å². The molecule has 1 heterocycles. The van der Waals surface area contributed by atoms with Crippen LogP contribution in [0.2, 0.25) is 0 Å². The van der Waals surface area contributed by atoms with E-state index in [0.29, 0.717) is 5.56 Å². The normalized spacial score (nSPS) is 18.1. The Labute approximate surface area is 102 Å². The Morgan fingerprint density at radius 1 is 1.29 bits per heavy atom. The first-order valence-corrected chi connectivity index (χ1v) is 6.22. The summed E-state index contributed by atoms with van der Waals surface area (Å²) in [6, 6.07) is 7.36. The molecule has 0 aromatic heterocycles. The van der Waals surface area contributed by atoms with Crippen molar-refractivity contribution in [1.29, 1.82) is 0 Å². The van der Waals surface area contributed by atoms with Gasteiger partial charge >= 0.3 is 0 Å². The molecule has 0 aliphatic carbocycles. The fraction of sp³-hybridized carbons (Fsp3) is 0.571. The van der Waals surface area contributed by atoms with Gasteiger partial charge in [-0.1, -0.05) is 12.1 Å². The summed E-state index contributed by atoms with van der Waals surface area (Å²) in [7, 11) is 0. The van der Waals surface area contributed by atoms with E-state index in [1.165, 1.54) is 0 Å². The van der Waals surface area contributed by atoms with E-state index in [1.54, 1.807) is 19.9 Å². The third-order valence-corrected chi connectivity index (χ3v) is 3.11. The highest BCUT2D eigenvalue weighted by Gasteiger charge is 2.20. The summed E-state index contributed by atoms with van der Waals surface area (Å²) >= 11 is 0. The molecule has 2 rings (SSSR count). The number of benzene rings is 1. The Morgan fingerprint density at radius 2 is 2.00 bits per heavy atom. The second-order valence-electron chi connectivity index (χ2n) is 5.07. The van der Waals surface area contributed by atoms with Crippen LogP contribution in [-0.4, -0.2) is 19.2 Å². The van der Waals surface area contributed by atoms with Gasteiger partial charge < -0.3 is 10.1 Å². The van der Waals surface area contributed by atoms with Gasteiger partial charge in [0.2, 0.25) is 0 Å².